The van der Waals surface area contributed by atoms with E-state index in [4.69, 9.17) is 14.2 Å². The van der Waals surface area contributed by atoms with Crippen LogP contribution in [0.3, 0.4) is 0 Å². The molecule has 3 fully saturated rings. The van der Waals surface area contributed by atoms with Gasteiger partial charge in [0.25, 0.3) is 12.3 Å². The van der Waals surface area contributed by atoms with E-state index in [1.165, 1.54) is 4.90 Å². The predicted molar refractivity (Wildman–Crippen MR) is 169 cm³/mol. The van der Waals surface area contributed by atoms with Gasteiger partial charge in [0, 0.05) is 75.6 Å². The number of likely N-dealkylation sites (tertiary alicyclic amines) is 1. The largest absolute Gasteiger partial charge is 0.494 e. The average Bonchev–Trinajstić information content (AvgIpc) is 3.08. The number of rotatable bonds is 10. The Morgan fingerprint density at radius 1 is 1.06 bits per heavy atom. The molecule has 0 saturated carbocycles. The van der Waals surface area contributed by atoms with E-state index in [0.717, 1.165) is 50.8 Å². The summed E-state index contributed by atoms with van der Waals surface area (Å²) < 4.78 is 42.6. The summed E-state index contributed by atoms with van der Waals surface area (Å²) in [5.74, 6) is 0.422. The first-order valence-electron chi connectivity index (χ1n) is 15.6. The fraction of sp³-hybridized carbons (Fsp3) is 0.455. The number of carbonyl (C=O) groups is 1. The zero-order valence-electron chi connectivity index (χ0n) is 26.0. The highest BCUT2D eigenvalue weighted by Crippen LogP contribution is 2.33. The minimum Gasteiger partial charge on any atom is -0.494 e. The molecule has 2 N–H and O–H groups in total. The van der Waals surface area contributed by atoms with Crippen LogP contribution in [0.4, 0.5) is 26.1 Å². The summed E-state index contributed by atoms with van der Waals surface area (Å²) in [5.41, 5.74) is 3.40. The molecule has 3 aliphatic rings. The van der Waals surface area contributed by atoms with Crippen molar-refractivity contribution in [3.63, 3.8) is 0 Å². The SMILES string of the molecule is COc1cc(N2CCN(C3COC3)CC2)ccc1Nc1nccc(-c2ccc(OC3CCN(C(=O)[C@H](O)C(F)F)CC3)c(C#N)c2)n1. The molecular weight excluding hydrogens is 612 g/mol. The minimum absolute atomic E-state index is 0.172. The van der Waals surface area contributed by atoms with E-state index in [1.807, 2.05) is 12.1 Å². The number of benzene rings is 2. The molecule has 1 amide bonds. The first-order chi connectivity index (χ1) is 22.8. The van der Waals surface area contributed by atoms with Crippen LogP contribution in [0.1, 0.15) is 18.4 Å². The molecular formula is C33H37F2N7O5. The third-order valence-corrected chi connectivity index (χ3v) is 8.84. The van der Waals surface area contributed by atoms with Gasteiger partial charge >= 0.3 is 0 Å². The second-order valence-electron chi connectivity index (χ2n) is 11.7. The van der Waals surface area contributed by atoms with Crippen LogP contribution < -0.4 is 19.7 Å². The van der Waals surface area contributed by atoms with Crippen LogP contribution in [0.2, 0.25) is 0 Å². The highest BCUT2D eigenvalue weighted by Gasteiger charge is 2.33. The topological polar surface area (TPSA) is 136 Å². The van der Waals surface area contributed by atoms with Gasteiger partial charge in [0.05, 0.1) is 43.3 Å². The van der Waals surface area contributed by atoms with Crippen LogP contribution in [0.25, 0.3) is 11.3 Å². The van der Waals surface area contributed by atoms with E-state index in [1.54, 1.807) is 37.6 Å². The highest BCUT2D eigenvalue weighted by atomic mass is 19.3. The standard InChI is InChI=1S/C33H37F2N7O5/c1-45-29-17-23(40-12-14-41(15-13-40)24-19-46-20-24)3-4-27(29)39-33-37-9-6-26(38-33)21-2-5-28(22(16-21)18-36)47-25-7-10-42(11-8-25)32(44)30(43)31(34)35/h2-6,9,16-17,24-25,30-31,43H,7-8,10-15,19-20H2,1H3,(H,37,38,39)/t30-/m1/s1. The number of piperazine rings is 1. The van der Waals surface area contributed by atoms with E-state index < -0.39 is 18.4 Å². The molecule has 14 heteroatoms. The zero-order chi connectivity index (χ0) is 32.9. The first-order valence-corrected chi connectivity index (χ1v) is 15.6. The van der Waals surface area contributed by atoms with Gasteiger partial charge in [-0.2, -0.15) is 5.26 Å². The lowest BCUT2D eigenvalue weighted by atomic mass is 10.1. The number of methoxy groups -OCH3 is 1. The number of alkyl halides is 2. The Kier molecular flexibility index (Phi) is 9.95. The maximum atomic E-state index is 12.7. The summed E-state index contributed by atoms with van der Waals surface area (Å²) in [6.45, 7) is 5.85. The van der Waals surface area contributed by atoms with Crippen LogP contribution >= 0.6 is 0 Å². The van der Waals surface area contributed by atoms with Crippen molar-refractivity contribution in [2.24, 2.45) is 0 Å². The number of aliphatic hydroxyl groups excluding tert-OH is 1. The number of amides is 1. The molecule has 0 bridgehead atoms. The second-order valence-corrected chi connectivity index (χ2v) is 11.7. The number of nitrogens with zero attached hydrogens (tertiary/aromatic N) is 6. The van der Waals surface area contributed by atoms with E-state index in [0.29, 0.717) is 53.2 Å². The third-order valence-electron chi connectivity index (χ3n) is 8.84. The first kappa shape index (κ1) is 32.4. The molecule has 0 spiro atoms. The quantitative estimate of drug-likeness (QED) is 0.335. The molecule has 3 aromatic rings. The van der Waals surface area contributed by atoms with Gasteiger partial charge in [-0.15, -0.1) is 0 Å². The summed E-state index contributed by atoms with van der Waals surface area (Å²) in [6, 6.07) is 15.7. The fourth-order valence-electron chi connectivity index (χ4n) is 6.01. The second kappa shape index (κ2) is 14.5. The number of anilines is 3. The number of nitrogens with one attached hydrogen (secondary N) is 1. The van der Waals surface area contributed by atoms with Gasteiger partial charge < -0.3 is 34.4 Å². The molecule has 47 heavy (non-hydrogen) atoms. The fourth-order valence-corrected chi connectivity index (χ4v) is 6.01. The molecule has 3 aliphatic heterocycles. The lowest BCUT2D eigenvalue weighted by molar-refractivity contribution is -0.150. The summed E-state index contributed by atoms with van der Waals surface area (Å²) in [4.78, 5) is 27.1. The molecule has 2 aromatic carbocycles. The summed E-state index contributed by atoms with van der Waals surface area (Å²) in [7, 11) is 1.63. The molecule has 4 heterocycles. The Hall–Kier alpha value is -4.58. The molecule has 6 rings (SSSR count). The maximum Gasteiger partial charge on any atom is 0.273 e. The Morgan fingerprint density at radius 2 is 1.83 bits per heavy atom. The maximum absolute atomic E-state index is 12.7. The lowest BCUT2D eigenvalue weighted by Gasteiger charge is -2.43. The molecule has 3 saturated heterocycles. The van der Waals surface area contributed by atoms with Crippen molar-refractivity contribution in [3.8, 4) is 28.8 Å². The summed E-state index contributed by atoms with van der Waals surface area (Å²) in [6.07, 6.45) is -3.37. The molecule has 12 nitrogen and oxygen atoms in total. The normalized spacial score (nSPS) is 18.4. The number of nitriles is 1. The van der Waals surface area contributed by atoms with Crippen LogP contribution in [-0.4, -0.2) is 115 Å². The Bertz CT molecular complexity index is 1600. The molecule has 0 aliphatic carbocycles. The van der Waals surface area contributed by atoms with Gasteiger partial charge in [0.15, 0.2) is 6.10 Å². The van der Waals surface area contributed by atoms with Crippen LogP contribution in [0, 0.1) is 11.3 Å². The van der Waals surface area contributed by atoms with Gasteiger partial charge in [0.2, 0.25) is 5.95 Å². The molecule has 0 unspecified atom stereocenters. The zero-order valence-corrected chi connectivity index (χ0v) is 26.0. The van der Waals surface area contributed by atoms with Gasteiger partial charge in [-0.25, -0.2) is 18.7 Å². The Morgan fingerprint density at radius 3 is 2.49 bits per heavy atom. The number of carbonyl (C=O) groups excluding carboxylic acids is 1. The van der Waals surface area contributed by atoms with Gasteiger partial charge in [-0.05, 0) is 36.4 Å². The van der Waals surface area contributed by atoms with Crippen molar-refractivity contribution in [1.82, 2.24) is 19.8 Å². The van der Waals surface area contributed by atoms with Crippen LogP contribution in [0.15, 0.2) is 48.7 Å². The summed E-state index contributed by atoms with van der Waals surface area (Å²) >= 11 is 0. The Labute approximate surface area is 271 Å². The number of piperidine rings is 1. The van der Waals surface area contributed by atoms with E-state index in [9.17, 15) is 23.9 Å². The third kappa shape index (κ3) is 7.38. The highest BCUT2D eigenvalue weighted by molar-refractivity contribution is 5.81. The van der Waals surface area contributed by atoms with E-state index >= 15 is 0 Å². The van der Waals surface area contributed by atoms with Crippen molar-refractivity contribution >= 4 is 23.2 Å². The van der Waals surface area contributed by atoms with Crippen molar-refractivity contribution in [2.75, 3.05) is 69.8 Å². The smallest absolute Gasteiger partial charge is 0.273 e. The summed E-state index contributed by atoms with van der Waals surface area (Å²) in [5, 5.41) is 22.5. The number of aromatic nitrogens is 2. The number of hydrogen-bond donors (Lipinski definition) is 2. The molecule has 248 valence electrons. The number of hydrogen-bond acceptors (Lipinski definition) is 11. The minimum atomic E-state index is -3.13. The van der Waals surface area contributed by atoms with Crippen molar-refractivity contribution in [3.05, 3.63) is 54.2 Å². The lowest BCUT2D eigenvalue weighted by Crippen LogP contribution is -2.56. The van der Waals surface area contributed by atoms with E-state index in [2.05, 4.69) is 37.2 Å². The number of ether oxygens (including phenoxy) is 3. The van der Waals surface area contributed by atoms with Crippen molar-refractivity contribution in [1.29, 1.82) is 5.26 Å². The van der Waals surface area contributed by atoms with Crippen molar-refractivity contribution in [2.45, 2.75) is 37.5 Å². The number of halogens is 2. The monoisotopic (exact) mass is 649 g/mol. The van der Waals surface area contributed by atoms with Gasteiger partial charge in [0.1, 0.15) is 23.7 Å². The van der Waals surface area contributed by atoms with Crippen LogP contribution in [-0.2, 0) is 9.53 Å². The van der Waals surface area contributed by atoms with Crippen LogP contribution in [0.5, 0.6) is 11.5 Å². The molecule has 0 radical (unpaired) electrons. The predicted octanol–water partition coefficient (Wildman–Crippen LogP) is 3.28. The van der Waals surface area contributed by atoms with Gasteiger partial charge in [-0.1, -0.05) is 0 Å². The van der Waals surface area contributed by atoms with Crippen molar-refractivity contribution < 1.29 is 32.9 Å². The molecule has 1 aromatic heterocycles. The van der Waals surface area contributed by atoms with Gasteiger partial charge in [-0.3, -0.25) is 9.69 Å². The molecule has 1 atom stereocenters. The number of aliphatic hydroxyl groups is 1. The Balaban J connectivity index is 1.09. The average molecular weight is 650 g/mol. The van der Waals surface area contributed by atoms with E-state index in [-0.39, 0.29) is 19.2 Å².